The molecule has 4 heteroatoms. The zero-order valence-corrected chi connectivity index (χ0v) is 14.3. The molecular formula is C19H29NO3. The van der Waals surface area contributed by atoms with E-state index in [1.807, 2.05) is 11.9 Å². The van der Waals surface area contributed by atoms with Crippen molar-refractivity contribution < 1.29 is 14.3 Å². The predicted molar refractivity (Wildman–Crippen MR) is 86.6 cm³/mol. The summed E-state index contributed by atoms with van der Waals surface area (Å²) in [5.74, 6) is 2.14. The highest BCUT2D eigenvalue weighted by Crippen LogP contribution is 2.52. The largest absolute Gasteiger partial charge is 0.465 e. The quantitative estimate of drug-likeness (QED) is 0.751. The molecule has 1 spiro atoms. The molecule has 0 aromatic heterocycles. The smallest absolute Gasteiger partial charge is 0.306 e. The molecule has 0 N–H and O–H groups in total. The lowest BCUT2D eigenvalue weighted by Crippen LogP contribution is -2.53. The maximum atomic E-state index is 12.7. The van der Waals surface area contributed by atoms with E-state index in [0.717, 1.165) is 24.7 Å². The molecule has 0 aromatic carbocycles. The number of cyclic esters (lactones) is 1. The molecular weight excluding hydrogens is 290 g/mol. The third kappa shape index (κ3) is 2.78. The van der Waals surface area contributed by atoms with E-state index in [0.29, 0.717) is 25.0 Å². The van der Waals surface area contributed by atoms with E-state index in [-0.39, 0.29) is 17.3 Å². The van der Waals surface area contributed by atoms with Gasteiger partial charge in [-0.2, -0.15) is 0 Å². The van der Waals surface area contributed by atoms with Gasteiger partial charge < -0.3 is 9.64 Å². The third-order valence-corrected chi connectivity index (χ3v) is 7.13. The standard InChI is InChI=1S/C19H29NO3/c1-20(16-7-14(8-16)13-5-3-2-4-6-13)18(22)15-9-19(10-15)11-17(21)23-12-19/h13-16H,2-12H2,1H3. The lowest BCUT2D eigenvalue weighted by atomic mass is 9.60. The van der Waals surface area contributed by atoms with Crippen molar-refractivity contribution in [2.45, 2.75) is 70.3 Å². The van der Waals surface area contributed by atoms with Gasteiger partial charge in [0, 0.05) is 24.4 Å². The van der Waals surface area contributed by atoms with Crippen LogP contribution in [0.25, 0.3) is 0 Å². The maximum absolute atomic E-state index is 12.7. The zero-order chi connectivity index (χ0) is 16.0. The van der Waals surface area contributed by atoms with Gasteiger partial charge in [-0.05, 0) is 37.5 Å². The molecule has 4 aliphatic rings. The van der Waals surface area contributed by atoms with E-state index in [2.05, 4.69) is 0 Å². The van der Waals surface area contributed by atoms with Crippen molar-refractivity contribution in [3.8, 4) is 0 Å². The van der Waals surface area contributed by atoms with Gasteiger partial charge in [0.2, 0.25) is 5.91 Å². The van der Waals surface area contributed by atoms with Crippen LogP contribution < -0.4 is 0 Å². The number of amides is 1. The fraction of sp³-hybridized carbons (Fsp3) is 0.895. The molecule has 0 bridgehead atoms. The van der Waals surface area contributed by atoms with Gasteiger partial charge in [0.1, 0.15) is 0 Å². The molecule has 0 aromatic rings. The number of nitrogens with zero attached hydrogens (tertiary/aromatic N) is 1. The van der Waals surface area contributed by atoms with Crippen LogP contribution in [0.15, 0.2) is 0 Å². The van der Waals surface area contributed by atoms with Crippen LogP contribution in [0.2, 0.25) is 0 Å². The minimum atomic E-state index is -0.0847. The molecule has 23 heavy (non-hydrogen) atoms. The van der Waals surface area contributed by atoms with E-state index < -0.39 is 0 Å². The van der Waals surface area contributed by atoms with Crippen LogP contribution in [0, 0.1) is 23.2 Å². The second-order valence-corrected chi connectivity index (χ2v) is 8.68. The van der Waals surface area contributed by atoms with Crippen molar-refractivity contribution >= 4 is 11.9 Å². The van der Waals surface area contributed by atoms with Gasteiger partial charge >= 0.3 is 5.97 Å². The molecule has 0 unspecified atom stereocenters. The van der Waals surface area contributed by atoms with Crippen molar-refractivity contribution in [2.75, 3.05) is 13.7 Å². The molecule has 4 nitrogen and oxygen atoms in total. The molecule has 128 valence electrons. The van der Waals surface area contributed by atoms with Crippen LogP contribution in [-0.2, 0) is 14.3 Å². The highest BCUT2D eigenvalue weighted by Gasteiger charge is 2.54. The topological polar surface area (TPSA) is 46.6 Å². The Hall–Kier alpha value is -1.06. The van der Waals surface area contributed by atoms with E-state index in [1.54, 1.807) is 0 Å². The van der Waals surface area contributed by atoms with Gasteiger partial charge in [0.25, 0.3) is 0 Å². The fourth-order valence-electron chi connectivity index (χ4n) is 5.47. The first-order valence-corrected chi connectivity index (χ1v) is 9.49. The summed E-state index contributed by atoms with van der Waals surface area (Å²) < 4.78 is 5.10. The first-order chi connectivity index (χ1) is 11.1. The Kier molecular flexibility index (Phi) is 3.89. The predicted octanol–water partition coefficient (Wildman–Crippen LogP) is 3.15. The van der Waals surface area contributed by atoms with E-state index in [9.17, 15) is 9.59 Å². The van der Waals surface area contributed by atoms with Gasteiger partial charge in [0.15, 0.2) is 0 Å². The van der Waals surface area contributed by atoms with Gasteiger partial charge in [-0.1, -0.05) is 32.1 Å². The first kappa shape index (κ1) is 15.5. The minimum Gasteiger partial charge on any atom is -0.465 e. The Morgan fingerprint density at radius 3 is 2.43 bits per heavy atom. The van der Waals surface area contributed by atoms with Crippen molar-refractivity contribution in [1.82, 2.24) is 4.90 Å². The Balaban J connectivity index is 1.24. The van der Waals surface area contributed by atoms with Crippen molar-refractivity contribution in [3.05, 3.63) is 0 Å². The van der Waals surface area contributed by atoms with Gasteiger partial charge in [0.05, 0.1) is 13.0 Å². The highest BCUT2D eigenvalue weighted by molar-refractivity contribution is 5.81. The van der Waals surface area contributed by atoms with Crippen LogP contribution in [0.3, 0.4) is 0 Å². The van der Waals surface area contributed by atoms with Crippen LogP contribution in [0.4, 0.5) is 0 Å². The molecule has 3 aliphatic carbocycles. The van der Waals surface area contributed by atoms with Crippen molar-refractivity contribution in [2.24, 2.45) is 23.2 Å². The molecule has 1 aliphatic heterocycles. The van der Waals surface area contributed by atoms with Gasteiger partial charge in [-0.25, -0.2) is 0 Å². The number of carbonyl (C=O) groups is 2. The zero-order valence-electron chi connectivity index (χ0n) is 14.3. The van der Waals surface area contributed by atoms with E-state index >= 15 is 0 Å². The molecule has 4 rings (SSSR count). The maximum Gasteiger partial charge on any atom is 0.306 e. The number of hydrogen-bond acceptors (Lipinski definition) is 3. The summed E-state index contributed by atoms with van der Waals surface area (Å²) in [6, 6.07) is 0.465. The van der Waals surface area contributed by atoms with Gasteiger partial charge in [-0.15, -0.1) is 0 Å². The average molecular weight is 319 g/mol. The summed E-state index contributed by atoms with van der Waals surface area (Å²) in [5.41, 5.74) is 0.00248. The summed E-state index contributed by atoms with van der Waals surface area (Å²) >= 11 is 0. The number of esters is 1. The summed E-state index contributed by atoms with van der Waals surface area (Å²) in [4.78, 5) is 26.0. The number of hydrogen-bond donors (Lipinski definition) is 0. The SMILES string of the molecule is CN(C(=O)C1CC2(COC(=O)C2)C1)C1CC(C2CCCCC2)C1. The molecule has 3 saturated carbocycles. The third-order valence-electron chi connectivity index (χ3n) is 7.13. The molecule has 4 fully saturated rings. The highest BCUT2D eigenvalue weighted by atomic mass is 16.5. The Labute approximate surface area is 138 Å². The lowest BCUT2D eigenvalue weighted by molar-refractivity contribution is -0.147. The summed E-state index contributed by atoms with van der Waals surface area (Å²) in [6.07, 6.45) is 11.7. The molecule has 0 radical (unpaired) electrons. The molecule has 1 amide bonds. The number of rotatable bonds is 3. The summed E-state index contributed by atoms with van der Waals surface area (Å²) in [7, 11) is 1.99. The van der Waals surface area contributed by atoms with Crippen LogP contribution in [-0.4, -0.2) is 36.5 Å². The van der Waals surface area contributed by atoms with Gasteiger partial charge in [-0.3, -0.25) is 9.59 Å². The number of ether oxygens (including phenoxy) is 1. The van der Waals surface area contributed by atoms with E-state index in [1.165, 1.54) is 44.9 Å². The lowest BCUT2D eigenvalue weighted by Gasteiger charge is -2.49. The Bertz CT molecular complexity index is 485. The second kappa shape index (κ2) is 5.78. The minimum absolute atomic E-state index is 0.00248. The second-order valence-electron chi connectivity index (χ2n) is 8.68. The number of carbonyl (C=O) groups excluding carboxylic acids is 2. The van der Waals surface area contributed by atoms with Crippen LogP contribution in [0.5, 0.6) is 0 Å². The monoisotopic (exact) mass is 319 g/mol. The summed E-state index contributed by atoms with van der Waals surface area (Å²) in [6.45, 7) is 0.534. The Morgan fingerprint density at radius 1 is 1.13 bits per heavy atom. The van der Waals surface area contributed by atoms with Crippen LogP contribution >= 0.6 is 0 Å². The molecule has 0 atom stereocenters. The molecule has 1 heterocycles. The van der Waals surface area contributed by atoms with Crippen molar-refractivity contribution in [3.63, 3.8) is 0 Å². The fourth-order valence-corrected chi connectivity index (χ4v) is 5.47. The Morgan fingerprint density at radius 2 is 1.83 bits per heavy atom. The average Bonchev–Trinajstić information content (AvgIpc) is 2.87. The van der Waals surface area contributed by atoms with Crippen molar-refractivity contribution in [1.29, 1.82) is 0 Å². The van der Waals surface area contributed by atoms with Crippen LogP contribution in [0.1, 0.15) is 64.2 Å². The van der Waals surface area contributed by atoms with E-state index in [4.69, 9.17) is 4.74 Å². The summed E-state index contributed by atoms with van der Waals surface area (Å²) in [5, 5.41) is 0. The first-order valence-electron chi connectivity index (χ1n) is 9.49. The molecule has 1 saturated heterocycles. The normalized spacial score (nSPS) is 40.4.